The van der Waals surface area contributed by atoms with Crippen molar-refractivity contribution in [2.75, 3.05) is 7.11 Å². The summed E-state index contributed by atoms with van der Waals surface area (Å²) in [6.45, 7) is 2.01. The summed E-state index contributed by atoms with van der Waals surface area (Å²) >= 11 is 0. The van der Waals surface area contributed by atoms with Gasteiger partial charge in [-0.3, -0.25) is 4.21 Å². The van der Waals surface area contributed by atoms with E-state index in [1.807, 2.05) is 25.1 Å². The molecule has 0 spiro atoms. The molecule has 1 N–H and O–H groups in total. The Balaban J connectivity index is 1.99. The van der Waals surface area contributed by atoms with Crippen molar-refractivity contribution in [2.45, 2.75) is 55.1 Å². The van der Waals surface area contributed by atoms with Crippen LogP contribution in [0.1, 0.15) is 43.2 Å². The van der Waals surface area contributed by atoms with Gasteiger partial charge in [0.25, 0.3) is 0 Å². The fourth-order valence-electron chi connectivity index (χ4n) is 3.69. The first-order valence-corrected chi connectivity index (χ1v) is 8.58. The minimum absolute atomic E-state index is 0.138. The average molecular weight is 294 g/mol. The monoisotopic (exact) mass is 294 g/mol. The topological polar surface area (TPSA) is 46.5 Å². The summed E-state index contributed by atoms with van der Waals surface area (Å²) in [5.41, 5.74) is 1.09. The fraction of sp³-hybridized carbons (Fsp3) is 0.625. The predicted octanol–water partition coefficient (Wildman–Crippen LogP) is 2.65. The SMILES string of the molecule is COc1cc(C)ccc1C1(O)CC2CCCC(C1)S2=O. The highest BCUT2D eigenvalue weighted by molar-refractivity contribution is 7.86. The molecule has 3 rings (SSSR count). The molecule has 20 heavy (non-hydrogen) atoms. The maximum Gasteiger partial charge on any atom is 0.125 e. The molecule has 2 aliphatic rings. The normalized spacial score (nSPS) is 36.6. The molecule has 0 aliphatic carbocycles. The summed E-state index contributed by atoms with van der Waals surface area (Å²) in [5, 5.41) is 11.4. The van der Waals surface area contributed by atoms with Crippen molar-refractivity contribution in [3.63, 3.8) is 0 Å². The second-order valence-corrected chi connectivity index (χ2v) is 8.14. The summed E-state index contributed by atoms with van der Waals surface area (Å²) in [4.78, 5) is 0. The van der Waals surface area contributed by atoms with Crippen LogP contribution < -0.4 is 4.74 Å². The van der Waals surface area contributed by atoms with E-state index in [1.54, 1.807) is 7.11 Å². The van der Waals surface area contributed by atoms with Crippen molar-refractivity contribution < 1.29 is 14.1 Å². The van der Waals surface area contributed by atoms with Crippen molar-refractivity contribution in [3.8, 4) is 5.75 Å². The molecule has 0 saturated carbocycles. The van der Waals surface area contributed by atoms with Gasteiger partial charge in [0.1, 0.15) is 5.75 Å². The molecule has 2 aliphatic heterocycles. The number of hydrogen-bond donors (Lipinski definition) is 1. The van der Waals surface area contributed by atoms with Gasteiger partial charge in [0.2, 0.25) is 0 Å². The average Bonchev–Trinajstić information content (AvgIpc) is 2.40. The second kappa shape index (κ2) is 5.15. The lowest BCUT2D eigenvalue weighted by atomic mass is 9.80. The minimum atomic E-state index is -0.886. The molecule has 0 radical (unpaired) electrons. The molecule has 2 saturated heterocycles. The van der Waals surface area contributed by atoms with E-state index in [0.29, 0.717) is 12.8 Å². The zero-order valence-corrected chi connectivity index (χ0v) is 12.9. The molecule has 2 unspecified atom stereocenters. The van der Waals surface area contributed by atoms with Crippen molar-refractivity contribution in [3.05, 3.63) is 29.3 Å². The Hall–Kier alpha value is -0.870. The van der Waals surface area contributed by atoms with Crippen LogP contribution in [-0.4, -0.2) is 26.9 Å². The van der Waals surface area contributed by atoms with Crippen LogP contribution in [0.15, 0.2) is 18.2 Å². The van der Waals surface area contributed by atoms with Crippen molar-refractivity contribution in [2.24, 2.45) is 0 Å². The van der Waals surface area contributed by atoms with Crippen LogP contribution in [0.3, 0.4) is 0 Å². The Morgan fingerprint density at radius 2 is 1.95 bits per heavy atom. The Bertz CT molecular complexity index is 525. The number of rotatable bonds is 2. The van der Waals surface area contributed by atoms with Crippen LogP contribution in [0.4, 0.5) is 0 Å². The van der Waals surface area contributed by atoms with Gasteiger partial charge in [-0.25, -0.2) is 0 Å². The van der Waals surface area contributed by atoms with Crippen LogP contribution in [-0.2, 0) is 16.4 Å². The van der Waals surface area contributed by atoms with E-state index in [2.05, 4.69) is 0 Å². The Kier molecular flexibility index (Phi) is 3.63. The quantitative estimate of drug-likeness (QED) is 0.912. The first kappa shape index (κ1) is 14.1. The smallest absolute Gasteiger partial charge is 0.125 e. The number of benzene rings is 1. The minimum Gasteiger partial charge on any atom is -0.496 e. The van der Waals surface area contributed by atoms with Gasteiger partial charge in [-0.15, -0.1) is 0 Å². The highest BCUT2D eigenvalue weighted by atomic mass is 32.2. The van der Waals surface area contributed by atoms with Gasteiger partial charge in [-0.05, 0) is 44.2 Å². The van der Waals surface area contributed by atoms with Gasteiger partial charge < -0.3 is 9.84 Å². The highest BCUT2D eigenvalue weighted by Crippen LogP contribution is 2.46. The maximum absolute atomic E-state index is 12.3. The van der Waals surface area contributed by atoms with E-state index < -0.39 is 16.4 Å². The Morgan fingerprint density at radius 3 is 2.55 bits per heavy atom. The lowest BCUT2D eigenvalue weighted by molar-refractivity contribution is 0.00452. The molecular formula is C16H22O3S. The van der Waals surface area contributed by atoms with E-state index in [1.165, 1.54) is 0 Å². The second-order valence-electron chi connectivity index (χ2n) is 6.15. The molecule has 3 nitrogen and oxygen atoms in total. The molecule has 0 amide bonds. The van der Waals surface area contributed by atoms with Gasteiger partial charge in [0.05, 0.1) is 12.7 Å². The molecule has 110 valence electrons. The molecule has 0 aromatic heterocycles. The number of aliphatic hydroxyl groups is 1. The summed E-state index contributed by atoms with van der Waals surface area (Å²) in [6.07, 6.45) is 4.27. The Morgan fingerprint density at radius 1 is 1.30 bits per heavy atom. The third-order valence-electron chi connectivity index (χ3n) is 4.70. The van der Waals surface area contributed by atoms with Crippen LogP contribution in [0, 0.1) is 6.92 Å². The lowest BCUT2D eigenvalue weighted by Gasteiger charge is -2.44. The van der Waals surface area contributed by atoms with Gasteiger partial charge in [0.15, 0.2) is 0 Å². The first-order chi connectivity index (χ1) is 9.53. The molecule has 1 aromatic rings. The summed E-state index contributed by atoms with van der Waals surface area (Å²) in [7, 11) is 0.872. The lowest BCUT2D eigenvalue weighted by Crippen LogP contribution is -2.47. The van der Waals surface area contributed by atoms with Crippen LogP contribution in [0.25, 0.3) is 0 Å². The van der Waals surface area contributed by atoms with Crippen molar-refractivity contribution in [1.29, 1.82) is 0 Å². The van der Waals surface area contributed by atoms with E-state index in [0.717, 1.165) is 36.1 Å². The molecule has 2 fully saturated rings. The number of methoxy groups -OCH3 is 1. The highest BCUT2D eigenvalue weighted by Gasteiger charge is 2.47. The number of fused-ring (bicyclic) bond motifs is 2. The zero-order chi connectivity index (χ0) is 14.3. The van der Waals surface area contributed by atoms with Crippen LogP contribution in [0.2, 0.25) is 0 Å². The van der Waals surface area contributed by atoms with Crippen molar-refractivity contribution >= 4 is 10.8 Å². The van der Waals surface area contributed by atoms with E-state index >= 15 is 0 Å². The standard InChI is InChI=1S/C16H22O3S/c1-11-6-7-14(15(8-11)19-2)16(17)9-12-4-3-5-13(10-16)20(12)18/h6-8,12-13,17H,3-5,9-10H2,1-2H3. The van der Waals surface area contributed by atoms with Crippen molar-refractivity contribution in [1.82, 2.24) is 0 Å². The predicted molar refractivity (Wildman–Crippen MR) is 80.4 cm³/mol. The van der Waals surface area contributed by atoms with Gasteiger partial charge in [-0.2, -0.15) is 0 Å². The molecule has 2 bridgehead atoms. The number of hydrogen-bond acceptors (Lipinski definition) is 3. The summed E-state index contributed by atoms with van der Waals surface area (Å²) in [5.74, 6) is 0.748. The summed E-state index contributed by atoms with van der Waals surface area (Å²) in [6, 6.07) is 5.95. The third-order valence-corrected chi connectivity index (χ3v) is 6.82. The number of ether oxygens (including phenoxy) is 1. The fourth-order valence-corrected chi connectivity index (χ4v) is 5.91. The van der Waals surface area contributed by atoms with Gasteiger partial charge in [0, 0.05) is 26.9 Å². The summed E-state index contributed by atoms with van der Waals surface area (Å²) < 4.78 is 17.8. The van der Waals surface area contributed by atoms with Crippen LogP contribution in [0.5, 0.6) is 5.75 Å². The van der Waals surface area contributed by atoms with E-state index in [4.69, 9.17) is 4.74 Å². The van der Waals surface area contributed by atoms with Gasteiger partial charge >= 0.3 is 0 Å². The van der Waals surface area contributed by atoms with Gasteiger partial charge in [-0.1, -0.05) is 18.6 Å². The molecular weight excluding hydrogens is 272 g/mol. The maximum atomic E-state index is 12.3. The zero-order valence-electron chi connectivity index (χ0n) is 12.1. The molecule has 2 atom stereocenters. The van der Waals surface area contributed by atoms with Crippen LogP contribution >= 0.6 is 0 Å². The number of aryl methyl sites for hydroxylation is 1. The molecule has 2 heterocycles. The van der Waals surface area contributed by atoms with E-state index in [-0.39, 0.29) is 10.5 Å². The Labute approximate surface area is 122 Å². The molecule has 1 aromatic carbocycles. The largest absolute Gasteiger partial charge is 0.496 e. The third kappa shape index (κ3) is 2.29. The first-order valence-electron chi connectivity index (χ1n) is 7.30. The van der Waals surface area contributed by atoms with E-state index in [9.17, 15) is 9.32 Å². The molecule has 4 heteroatoms.